The normalized spacial score (nSPS) is 34.2. The summed E-state index contributed by atoms with van der Waals surface area (Å²) in [6.07, 6.45) is 5.02. The van der Waals surface area contributed by atoms with Crippen LogP contribution in [0.15, 0.2) is 12.2 Å². The number of carbonyl (C=O) groups is 1. The van der Waals surface area contributed by atoms with Gasteiger partial charge in [0.05, 0.1) is 0 Å². The fourth-order valence-electron chi connectivity index (χ4n) is 1.51. The minimum Gasteiger partial charge on any atom is -0.299 e. The van der Waals surface area contributed by atoms with Crippen molar-refractivity contribution < 1.29 is 4.79 Å². The van der Waals surface area contributed by atoms with Gasteiger partial charge < -0.3 is 0 Å². The number of Topliss-reactive ketones (excluding diaryl/α,β-unsaturated/α-hetero) is 1. The van der Waals surface area contributed by atoms with Crippen LogP contribution < -0.4 is 0 Å². The summed E-state index contributed by atoms with van der Waals surface area (Å²) in [5.41, 5.74) is -0.293. The predicted molar refractivity (Wildman–Crippen MR) is 46.0 cm³/mol. The first-order valence-corrected chi connectivity index (χ1v) is 3.94. The van der Waals surface area contributed by atoms with Gasteiger partial charge in [-0.05, 0) is 11.8 Å². The monoisotopic (exact) mass is 151 g/mol. The number of hydrogen-bond donors (Lipinski definition) is 0. The smallest absolute Gasteiger partial charge is 0.140 e. The Morgan fingerprint density at radius 1 is 1.45 bits per heavy atom. The molecular formula is C10H15O. The van der Waals surface area contributed by atoms with Gasteiger partial charge in [-0.15, -0.1) is 0 Å². The van der Waals surface area contributed by atoms with Crippen LogP contribution in [-0.4, -0.2) is 5.78 Å². The molecule has 0 heterocycles. The molecule has 0 N–H and O–H groups in total. The summed E-state index contributed by atoms with van der Waals surface area (Å²) in [6, 6.07) is 0. The van der Waals surface area contributed by atoms with Crippen molar-refractivity contribution in [3.05, 3.63) is 19.1 Å². The molecule has 0 fully saturated rings. The van der Waals surface area contributed by atoms with Crippen molar-refractivity contribution >= 4 is 5.78 Å². The molecule has 1 aliphatic carbocycles. The quantitative estimate of drug-likeness (QED) is 0.526. The van der Waals surface area contributed by atoms with Crippen molar-refractivity contribution in [3.8, 4) is 0 Å². The third kappa shape index (κ3) is 1.03. The van der Waals surface area contributed by atoms with Crippen LogP contribution in [0, 0.1) is 17.8 Å². The van der Waals surface area contributed by atoms with Crippen LogP contribution in [0.4, 0.5) is 0 Å². The molecule has 0 aromatic heterocycles. The van der Waals surface area contributed by atoms with Crippen molar-refractivity contribution in [3.63, 3.8) is 0 Å². The molecular weight excluding hydrogens is 136 g/mol. The Morgan fingerprint density at radius 3 is 2.18 bits per heavy atom. The van der Waals surface area contributed by atoms with Gasteiger partial charge in [-0.1, -0.05) is 32.9 Å². The topological polar surface area (TPSA) is 17.1 Å². The molecule has 1 heteroatoms. The minimum absolute atomic E-state index is 0.0220. The Hall–Kier alpha value is -0.590. The summed E-state index contributed by atoms with van der Waals surface area (Å²) < 4.78 is 0. The molecule has 0 amide bonds. The number of rotatable bonds is 1. The first-order valence-electron chi connectivity index (χ1n) is 3.94. The van der Waals surface area contributed by atoms with Crippen LogP contribution in [0.5, 0.6) is 0 Å². The molecule has 1 unspecified atom stereocenters. The number of allylic oxidation sites excluding steroid dienone is 2. The SMILES string of the molecule is [CH2]C(=O)C1(C)CC=CC1(C)C. The van der Waals surface area contributed by atoms with Crippen molar-refractivity contribution in [2.75, 3.05) is 0 Å². The highest BCUT2D eigenvalue weighted by molar-refractivity contribution is 5.89. The fourth-order valence-corrected chi connectivity index (χ4v) is 1.51. The Bertz CT molecular complexity index is 213. The van der Waals surface area contributed by atoms with Gasteiger partial charge in [0, 0.05) is 12.3 Å². The zero-order valence-electron chi connectivity index (χ0n) is 7.48. The van der Waals surface area contributed by atoms with Gasteiger partial charge in [0.2, 0.25) is 0 Å². The zero-order chi connectivity index (χ0) is 8.70. The molecule has 1 nitrogen and oxygen atoms in total. The van der Waals surface area contributed by atoms with E-state index in [-0.39, 0.29) is 16.6 Å². The molecule has 61 valence electrons. The summed E-state index contributed by atoms with van der Waals surface area (Å²) in [4.78, 5) is 11.2. The molecule has 1 atom stereocenters. The lowest BCUT2D eigenvalue weighted by molar-refractivity contribution is -0.126. The van der Waals surface area contributed by atoms with E-state index in [0.717, 1.165) is 6.42 Å². The maximum atomic E-state index is 11.2. The van der Waals surface area contributed by atoms with E-state index in [1.807, 2.05) is 6.92 Å². The Morgan fingerprint density at radius 2 is 2.00 bits per heavy atom. The molecule has 0 aromatic rings. The van der Waals surface area contributed by atoms with Crippen molar-refractivity contribution in [1.29, 1.82) is 0 Å². The molecule has 1 aliphatic rings. The van der Waals surface area contributed by atoms with Crippen molar-refractivity contribution in [2.24, 2.45) is 10.8 Å². The molecule has 1 rings (SSSR count). The number of carbonyl (C=O) groups excluding carboxylic acids is 1. The molecule has 1 radical (unpaired) electrons. The van der Waals surface area contributed by atoms with E-state index in [1.165, 1.54) is 0 Å². The third-order valence-electron chi connectivity index (χ3n) is 3.10. The van der Waals surface area contributed by atoms with Crippen LogP contribution in [0.1, 0.15) is 27.2 Å². The van der Waals surface area contributed by atoms with Gasteiger partial charge in [-0.2, -0.15) is 0 Å². The maximum absolute atomic E-state index is 11.2. The Kier molecular flexibility index (Phi) is 1.70. The Labute approximate surface area is 68.5 Å². The summed E-state index contributed by atoms with van der Waals surface area (Å²) >= 11 is 0. The van der Waals surface area contributed by atoms with E-state index in [1.54, 1.807) is 0 Å². The van der Waals surface area contributed by atoms with Crippen LogP contribution >= 0.6 is 0 Å². The highest BCUT2D eigenvalue weighted by Crippen LogP contribution is 2.48. The van der Waals surface area contributed by atoms with Gasteiger partial charge in [0.1, 0.15) is 5.78 Å². The molecule has 0 spiro atoms. The predicted octanol–water partition coefficient (Wildman–Crippen LogP) is 2.38. The average Bonchev–Trinajstić information content (AvgIpc) is 2.09. The first-order chi connectivity index (χ1) is 4.90. The molecule has 0 saturated heterocycles. The van der Waals surface area contributed by atoms with E-state index in [4.69, 9.17) is 0 Å². The minimum atomic E-state index is -0.271. The second-order valence-corrected chi connectivity index (χ2v) is 4.08. The number of ketones is 1. The van der Waals surface area contributed by atoms with Crippen LogP contribution in [0.25, 0.3) is 0 Å². The highest BCUT2D eigenvalue weighted by atomic mass is 16.1. The summed E-state index contributed by atoms with van der Waals surface area (Å²) in [7, 11) is 0. The van der Waals surface area contributed by atoms with E-state index in [0.29, 0.717) is 0 Å². The van der Waals surface area contributed by atoms with Crippen LogP contribution in [-0.2, 0) is 4.79 Å². The molecule has 0 aliphatic heterocycles. The van der Waals surface area contributed by atoms with Gasteiger partial charge in [-0.25, -0.2) is 0 Å². The van der Waals surface area contributed by atoms with E-state index < -0.39 is 0 Å². The summed E-state index contributed by atoms with van der Waals surface area (Å²) in [5, 5.41) is 0. The standard InChI is InChI=1S/C10H15O/c1-8(11)10(4)7-5-6-9(10,2)3/h5-6H,1,7H2,2-4H3. The second-order valence-electron chi connectivity index (χ2n) is 4.08. The van der Waals surface area contributed by atoms with Crippen molar-refractivity contribution in [1.82, 2.24) is 0 Å². The molecule has 0 saturated carbocycles. The largest absolute Gasteiger partial charge is 0.299 e. The summed E-state index contributed by atoms with van der Waals surface area (Å²) in [5.74, 6) is 0.0486. The second kappa shape index (κ2) is 2.20. The van der Waals surface area contributed by atoms with Gasteiger partial charge in [0.15, 0.2) is 0 Å². The van der Waals surface area contributed by atoms with Gasteiger partial charge in [-0.3, -0.25) is 4.79 Å². The lowest BCUT2D eigenvalue weighted by atomic mass is 9.67. The van der Waals surface area contributed by atoms with Crippen LogP contribution in [0.2, 0.25) is 0 Å². The van der Waals surface area contributed by atoms with E-state index in [9.17, 15) is 4.79 Å². The summed E-state index contributed by atoms with van der Waals surface area (Å²) in [6.45, 7) is 9.66. The van der Waals surface area contributed by atoms with E-state index in [2.05, 4.69) is 32.9 Å². The Balaban J connectivity index is 2.99. The van der Waals surface area contributed by atoms with Gasteiger partial charge >= 0.3 is 0 Å². The zero-order valence-corrected chi connectivity index (χ0v) is 7.48. The third-order valence-corrected chi connectivity index (χ3v) is 3.10. The molecule has 11 heavy (non-hydrogen) atoms. The van der Waals surface area contributed by atoms with Crippen molar-refractivity contribution in [2.45, 2.75) is 27.2 Å². The first kappa shape index (κ1) is 8.51. The van der Waals surface area contributed by atoms with Gasteiger partial charge in [0.25, 0.3) is 0 Å². The molecule has 0 bridgehead atoms. The van der Waals surface area contributed by atoms with E-state index >= 15 is 0 Å². The maximum Gasteiger partial charge on any atom is 0.140 e. The molecule has 0 aromatic carbocycles. The highest BCUT2D eigenvalue weighted by Gasteiger charge is 2.45. The lowest BCUT2D eigenvalue weighted by Crippen LogP contribution is -2.36. The fraction of sp³-hybridized carbons (Fsp3) is 0.600. The number of hydrogen-bond acceptors (Lipinski definition) is 1. The van der Waals surface area contributed by atoms with Crippen LogP contribution in [0.3, 0.4) is 0 Å². The lowest BCUT2D eigenvalue weighted by Gasteiger charge is -2.35. The average molecular weight is 151 g/mol.